The van der Waals surface area contributed by atoms with E-state index < -0.39 is 9.84 Å². The van der Waals surface area contributed by atoms with Gasteiger partial charge in [-0.3, -0.25) is 9.69 Å². The average Bonchev–Trinajstić information content (AvgIpc) is 3.01. The van der Waals surface area contributed by atoms with Gasteiger partial charge in [0.05, 0.1) is 23.2 Å². The van der Waals surface area contributed by atoms with Crippen LogP contribution < -0.4 is 0 Å². The van der Waals surface area contributed by atoms with Crippen molar-refractivity contribution in [1.82, 2.24) is 14.8 Å². The van der Waals surface area contributed by atoms with Crippen LogP contribution in [0.1, 0.15) is 11.6 Å². The molecule has 2 aliphatic heterocycles. The average molecular weight is 343 g/mol. The molecule has 8 nitrogen and oxygen atoms in total. The Morgan fingerprint density at radius 2 is 2.13 bits per heavy atom. The molecule has 0 unspecified atom stereocenters. The molecule has 2 atom stereocenters. The molecule has 0 spiro atoms. The number of aromatic nitrogens is 1. The molecule has 1 aromatic heterocycles. The molecule has 0 bridgehead atoms. The van der Waals surface area contributed by atoms with Gasteiger partial charge in [0, 0.05) is 39.7 Å². The van der Waals surface area contributed by atoms with Crippen molar-refractivity contribution in [3.05, 3.63) is 17.8 Å². The Kier molecular flexibility index (Phi) is 4.43. The number of carbonyl (C=O) groups excluding carboxylic acids is 1. The Morgan fingerprint density at radius 1 is 1.39 bits per heavy atom. The first-order chi connectivity index (χ1) is 10.9. The lowest BCUT2D eigenvalue weighted by Gasteiger charge is -2.43. The Balaban J connectivity index is 1.79. The van der Waals surface area contributed by atoms with Crippen LogP contribution >= 0.6 is 0 Å². The number of hydrogen-bond acceptors (Lipinski definition) is 7. The molecule has 2 fully saturated rings. The van der Waals surface area contributed by atoms with E-state index in [4.69, 9.17) is 9.15 Å². The molecule has 0 radical (unpaired) electrons. The van der Waals surface area contributed by atoms with Gasteiger partial charge in [0.1, 0.15) is 12.9 Å². The second-order valence-corrected chi connectivity index (χ2v) is 8.21. The molecule has 2 aliphatic rings. The van der Waals surface area contributed by atoms with Crippen LogP contribution in [0.25, 0.3) is 0 Å². The number of piperazine rings is 1. The van der Waals surface area contributed by atoms with Gasteiger partial charge in [-0.05, 0) is 0 Å². The van der Waals surface area contributed by atoms with Gasteiger partial charge in [-0.1, -0.05) is 0 Å². The standard InChI is InChI=1S/C14H21N3O5S/c1-10-15-11(6-22-10)5-16-3-4-17(14(18)7-21-2)13-9-23(19,20)8-12(13)16/h6,12-13H,3-5,7-9H2,1-2H3/t12-,13+/m0/s1. The summed E-state index contributed by atoms with van der Waals surface area (Å²) in [5.74, 6) is 0.522. The maximum atomic E-state index is 12.2. The first-order valence-electron chi connectivity index (χ1n) is 7.53. The van der Waals surface area contributed by atoms with Gasteiger partial charge in [0.2, 0.25) is 5.91 Å². The third-order valence-corrected chi connectivity index (χ3v) is 6.11. The van der Waals surface area contributed by atoms with Crippen molar-refractivity contribution in [2.24, 2.45) is 0 Å². The Morgan fingerprint density at radius 3 is 2.78 bits per heavy atom. The van der Waals surface area contributed by atoms with E-state index in [0.29, 0.717) is 25.5 Å². The summed E-state index contributed by atoms with van der Waals surface area (Å²) in [4.78, 5) is 20.2. The van der Waals surface area contributed by atoms with Gasteiger partial charge in [-0.15, -0.1) is 0 Å². The highest BCUT2D eigenvalue weighted by atomic mass is 32.2. The summed E-state index contributed by atoms with van der Waals surface area (Å²) in [6, 6.07) is -0.518. The molecule has 23 heavy (non-hydrogen) atoms. The molecule has 128 valence electrons. The van der Waals surface area contributed by atoms with Gasteiger partial charge in [0.15, 0.2) is 15.7 Å². The predicted octanol–water partition coefficient (Wildman–Crippen LogP) is -0.561. The normalized spacial score (nSPS) is 27.1. The Hall–Kier alpha value is -1.45. The van der Waals surface area contributed by atoms with Crippen molar-refractivity contribution in [1.29, 1.82) is 0 Å². The molecular formula is C14H21N3O5S. The first-order valence-corrected chi connectivity index (χ1v) is 9.35. The summed E-state index contributed by atoms with van der Waals surface area (Å²) in [5.41, 5.74) is 0.780. The molecule has 0 aliphatic carbocycles. The SMILES string of the molecule is COCC(=O)N1CCN(Cc2coc(C)n2)[C@H]2CS(=O)(=O)C[C@H]21. The zero-order valence-corrected chi connectivity index (χ0v) is 14.1. The maximum Gasteiger partial charge on any atom is 0.248 e. The molecule has 3 heterocycles. The van der Waals surface area contributed by atoms with Crippen molar-refractivity contribution < 1.29 is 22.4 Å². The molecule has 0 saturated carbocycles. The number of amides is 1. The molecule has 9 heteroatoms. The summed E-state index contributed by atoms with van der Waals surface area (Å²) < 4.78 is 34.3. The van der Waals surface area contributed by atoms with Crippen LogP contribution in [0.3, 0.4) is 0 Å². The monoisotopic (exact) mass is 343 g/mol. The van der Waals surface area contributed by atoms with Crippen molar-refractivity contribution in [2.75, 3.05) is 38.3 Å². The lowest BCUT2D eigenvalue weighted by atomic mass is 10.0. The van der Waals surface area contributed by atoms with E-state index in [-0.39, 0.29) is 36.1 Å². The molecular weight excluding hydrogens is 322 g/mol. The van der Waals surface area contributed by atoms with Gasteiger partial charge >= 0.3 is 0 Å². The van der Waals surface area contributed by atoms with Gasteiger partial charge in [-0.2, -0.15) is 0 Å². The van der Waals surface area contributed by atoms with Gasteiger partial charge in [-0.25, -0.2) is 13.4 Å². The number of oxazole rings is 1. The number of nitrogens with zero attached hydrogens (tertiary/aromatic N) is 3. The van der Waals surface area contributed by atoms with Gasteiger partial charge in [0.25, 0.3) is 0 Å². The summed E-state index contributed by atoms with van der Waals surface area (Å²) in [6.07, 6.45) is 1.59. The third kappa shape index (κ3) is 3.41. The number of rotatable bonds is 4. The van der Waals surface area contributed by atoms with Crippen LogP contribution in [-0.4, -0.2) is 79.5 Å². The Bertz CT molecular complexity index is 686. The van der Waals surface area contributed by atoms with E-state index in [2.05, 4.69) is 9.88 Å². The minimum Gasteiger partial charge on any atom is -0.449 e. The maximum absolute atomic E-state index is 12.2. The van der Waals surface area contributed by atoms with E-state index in [0.717, 1.165) is 5.69 Å². The van der Waals surface area contributed by atoms with Crippen LogP contribution in [0.15, 0.2) is 10.7 Å². The van der Waals surface area contributed by atoms with E-state index in [1.165, 1.54) is 7.11 Å². The zero-order valence-electron chi connectivity index (χ0n) is 13.3. The summed E-state index contributed by atoms with van der Waals surface area (Å²) in [5, 5.41) is 0. The topological polar surface area (TPSA) is 92.9 Å². The fourth-order valence-corrected chi connectivity index (χ4v) is 5.44. The number of sulfone groups is 1. The molecule has 1 aromatic rings. The second kappa shape index (κ2) is 6.21. The largest absolute Gasteiger partial charge is 0.449 e. The fraction of sp³-hybridized carbons (Fsp3) is 0.714. The lowest BCUT2D eigenvalue weighted by Crippen LogP contribution is -2.60. The van der Waals surface area contributed by atoms with Crippen LogP contribution in [0.4, 0.5) is 0 Å². The summed E-state index contributed by atoms with van der Waals surface area (Å²) in [7, 11) is -1.69. The molecule has 2 saturated heterocycles. The van der Waals surface area contributed by atoms with E-state index in [1.54, 1.807) is 18.1 Å². The van der Waals surface area contributed by atoms with Crippen LogP contribution in [0.2, 0.25) is 0 Å². The van der Waals surface area contributed by atoms with E-state index in [9.17, 15) is 13.2 Å². The smallest absolute Gasteiger partial charge is 0.248 e. The highest BCUT2D eigenvalue weighted by molar-refractivity contribution is 7.91. The number of aryl methyl sites for hydroxylation is 1. The number of methoxy groups -OCH3 is 1. The number of hydrogen-bond donors (Lipinski definition) is 0. The summed E-state index contributed by atoms with van der Waals surface area (Å²) >= 11 is 0. The number of fused-ring (bicyclic) bond motifs is 1. The highest BCUT2D eigenvalue weighted by Crippen LogP contribution is 2.28. The highest BCUT2D eigenvalue weighted by Gasteiger charge is 2.47. The minimum absolute atomic E-state index is 0.0153. The van der Waals surface area contributed by atoms with Crippen LogP contribution in [0, 0.1) is 6.92 Å². The van der Waals surface area contributed by atoms with E-state index in [1.807, 2.05) is 0 Å². The number of ether oxygens (including phenoxy) is 1. The van der Waals surface area contributed by atoms with Crippen molar-refractivity contribution in [3.8, 4) is 0 Å². The third-order valence-electron chi connectivity index (χ3n) is 4.41. The van der Waals surface area contributed by atoms with Crippen LogP contribution in [0.5, 0.6) is 0 Å². The van der Waals surface area contributed by atoms with Crippen LogP contribution in [-0.2, 0) is 25.9 Å². The quantitative estimate of drug-likeness (QED) is 0.723. The summed E-state index contributed by atoms with van der Waals surface area (Å²) in [6.45, 7) is 3.38. The molecule has 1 amide bonds. The zero-order chi connectivity index (χ0) is 16.6. The second-order valence-electron chi connectivity index (χ2n) is 6.06. The van der Waals surface area contributed by atoms with Crippen molar-refractivity contribution >= 4 is 15.7 Å². The van der Waals surface area contributed by atoms with Crippen molar-refractivity contribution in [3.63, 3.8) is 0 Å². The minimum atomic E-state index is -3.15. The fourth-order valence-electron chi connectivity index (χ4n) is 3.43. The van der Waals surface area contributed by atoms with Crippen molar-refractivity contribution in [2.45, 2.75) is 25.6 Å². The first kappa shape index (κ1) is 16.4. The molecule has 0 aromatic carbocycles. The molecule has 3 rings (SSSR count). The van der Waals surface area contributed by atoms with Gasteiger partial charge < -0.3 is 14.1 Å². The predicted molar refractivity (Wildman–Crippen MR) is 81.5 cm³/mol. The molecule has 0 N–H and O–H groups in total. The Labute approximate surface area is 135 Å². The number of carbonyl (C=O) groups is 1. The lowest BCUT2D eigenvalue weighted by molar-refractivity contribution is -0.141. The van der Waals surface area contributed by atoms with E-state index >= 15 is 0 Å².